The lowest BCUT2D eigenvalue weighted by molar-refractivity contribution is 0.0993. The van der Waals surface area contributed by atoms with E-state index in [4.69, 9.17) is 11.6 Å². The minimum absolute atomic E-state index is 0.158. The van der Waals surface area contributed by atoms with Crippen LogP contribution in [-0.2, 0) is 12.8 Å². The number of thiophene rings is 1. The molecule has 1 aromatic heterocycles. The molecule has 0 saturated carbocycles. The fraction of sp³-hybridized carbons (Fsp3) is 0.267. The maximum absolute atomic E-state index is 12.4. The Hall–Kier alpha value is -1.16. The van der Waals surface area contributed by atoms with Gasteiger partial charge in [-0.1, -0.05) is 35.9 Å². The first-order chi connectivity index (χ1) is 9.20. The number of nitrogens with one attached hydrogen (secondary N) is 1. The molecule has 0 radical (unpaired) electrons. The fourth-order valence-corrected chi connectivity index (χ4v) is 3.06. The van der Waals surface area contributed by atoms with Gasteiger partial charge in [0.15, 0.2) is 5.78 Å². The number of likely N-dealkylation sites (N-methyl/N-ethyl adjacent to an activating group) is 1. The van der Waals surface area contributed by atoms with Crippen molar-refractivity contribution in [3.8, 4) is 0 Å². The van der Waals surface area contributed by atoms with Crippen LogP contribution in [0.25, 0.3) is 0 Å². The zero-order valence-electron chi connectivity index (χ0n) is 10.8. The van der Waals surface area contributed by atoms with Gasteiger partial charge < -0.3 is 5.32 Å². The summed E-state index contributed by atoms with van der Waals surface area (Å²) in [5.41, 5.74) is 1.92. The van der Waals surface area contributed by atoms with Crippen molar-refractivity contribution in [2.24, 2.45) is 0 Å². The van der Waals surface area contributed by atoms with Gasteiger partial charge in [-0.3, -0.25) is 4.79 Å². The Kier molecular flexibility index (Phi) is 5.14. The van der Waals surface area contributed by atoms with Gasteiger partial charge >= 0.3 is 0 Å². The van der Waals surface area contributed by atoms with Crippen molar-refractivity contribution in [2.75, 3.05) is 13.6 Å². The molecule has 1 heterocycles. The highest BCUT2D eigenvalue weighted by atomic mass is 35.5. The topological polar surface area (TPSA) is 29.1 Å². The van der Waals surface area contributed by atoms with Crippen LogP contribution in [0.5, 0.6) is 0 Å². The van der Waals surface area contributed by atoms with Crippen LogP contribution >= 0.6 is 22.9 Å². The zero-order valence-corrected chi connectivity index (χ0v) is 12.4. The van der Waals surface area contributed by atoms with E-state index in [0.717, 1.165) is 33.3 Å². The second-order valence-electron chi connectivity index (χ2n) is 4.32. The highest BCUT2D eigenvalue weighted by molar-refractivity contribution is 7.16. The molecule has 0 aliphatic carbocycles. The van der Waals surface area contributed by atoms with E-state index in [1.807, 2.05) is 43.4 Å². The van der Waals surface area contributed by atoms with Gasteiger partial charge in [-0.05, 0) is 37.7 Å². The Labute approximate surface area is 122 Å². The van der Waals surface area contributed by atoms with E-state index in [2.05, 4.69) is 5.32 Å². The van der Waals surface area contributed by atoms with Crippen LogP contribution in [0, 0.1) is 0 Å². The van der Waals surface area contributed by atoms with Crippen LogP contribution in [0.2, 0.25) is 4.34 Å². The summed E-state index contributed by atoms with van der Waals surface area (Å²) in [5, 5.41) is 3.11. The molecule has 0 unspecified atom stereocenters. The van der Waals surface area contributed by atoms with Crippen molar-refractivity contribution in [3.05, 3.63) is 56.7 Å². The third-order valence-corrected chi connectivity index (χ3v) is 4.16. The second-order valence-corrected chi connectivity index (χ2v) is 6.12. The molecule has 100 valence electrons. The summed E-state index contributed by atoms with van der Waals surface area (Å²) in [6.07, 6.45) is 1.29. The normalized spacial score (nSPS) is 10.6. The lowest BCUT2D eigenvalue weighted by Gasteiger charge is -2.07. The van der Waals surface area contributed by atoms with Crippen molar-refractivity contribution in [3.63, 3.8) is 0 Å². The SMILES string of the molecule is CNCCc1ccccc1C(=O)Cc1ccc(Cl)s1. The summed E-state index contributed by atoms with van der Waals surface area (Å²) < 4.78 is 0.728. The Morgan fingerprint density at radius 3 is 2.74 bits per heavy atom. The Morgan fingerprint density at radius 1 is 1.26 bits per heavy atom. The molecule has 0 aliphatic rings. The van der Waals surface area contributed by atoms with E-state index >= 15 is 0 Å². The highest BCUT2D eigenvalue weighted by Gasteiger charge is 2.12. The Bertz CT molecular complexity index is 565. The molecule has 1 N–H and O–H groups in total. The van der Waals surface area contributed by atoms with Gasteiger partial charge in [0.25, 0.3) is 0 Å². The van der Waals surface area contributed by atoms with Crippen molar-refractivity contribution < 1.29 is 4.79 Å². The molecule has 0 aliphatic heterocycles. The average Bonchev–Trinajstić information content (AvgIpc) is 2.82. The first-order valence-electron chi connectivity index (χ1n) is 6.20. The number of ketones is 1. The van der Waals surface area contributed by atoms with Gasteiger partial charge in [-0.2, -0.15) is 0 Å². The first kappa shape index (κ1) is 14.3. The summed E-state index contributed by atoms with van der Waals surface area (Å²) in [6, 6.07) is 11.6. The van der Waals surface area contributed by atoms with E-state index in [1.54, 1.807) is 0 Å². The molecule has 1 aromatic carbocycles. The molecule has 0 atom stereocenters. The smallest absolute Gasteiger partial charge is 0.168 e. The van der Waals surface area contributed by atoms with Gasteiger partial charge in [0.05, 0.1) is 4.34 Å². The first-order valence-corrected chi connectivity index (χ1v) is 7.40. The van der Waals surface area contributed by atoms with E-state index in [0.29, 0.717) is 6.42 Å². The number of Topliss-reactive ketones (excluding diaryl/α,β-unsaturated/α-hetero) is 1. The number of carbonyl (C=O) groups is 1. The standard InChI is InChI=1S/C15H16ClNOS/c1-17-9-8-11-4-2-3-5-13(11)14(18)10-12-6-7-15(16)19-12/h2-7,17H,8-10H2,1H3. The number of hydrogen-bond donors (Lipinski definition) is 1. The number of carbonyl (C=O) groups excluding carboxylic acids is 1. The minimum atomic E-state index is 0.158. The summed E-state index contributed by atoms with van der Waals surface area (Å²) in [7, 11) is 1.91. The second kappa shape index (κ2) is 6.85. The van der Waals surface area contributed by atoms with Crippen LogP contribution in [0.15, 0.2) is 36.4 Å². The molecule has 0 bridgehead atoms. The molecular formula is C15H16ClNOS. The molecule has 2 aromatic rings. The van der Waals surface area contributed by atoms with Gasteiger partial charge in [-0.15, -0.1) is 11.3 Å². The van der Waals surface area contributed by atoms with E-state index in [9.17, 15) is 4.79 Å². The van der Waals surface area contributed by atoms with Crippen LogP contribution < -0.4 is 5.32 Å². The van der Waals surface area contributed by atoms with Crippen LogP contribution in [-0.4, -0.2) is 19.4 Å². The van der Waals surface area contributed by atoms with Crippen molar-refractivity contribution in [1.82, 2.24) is 5.32 Å². The van der Waals surface area contributed by atoms with Gasteiger partial charge in [0, 0.05) is 16.9 Å². The summed E-state index contributed by atoms with van der Waals surface area (Å²) in [5.74, 6) is 0.158. The van der Waals surface area contributed by atoms with E-state index in [-0.39, 0.29) is 5.78 Å². The van der Waals surface area contributed by atoms with Crippen LogP contribution in [0.3, 0.4) is 0 Å². The van der Waals surface area contributed by atoms with Crippen molar-refractivity contribution in [2.45, 2.75) is 12.8 Å². The number of halogens is 1. The number of benzene rings is 1. The fourth-order valence-electron chi connectivity index (χ4n) is 1.97. The molecule has 0 spiro atoms. The molecule has 2 nitrogen and oxygen atoms in total. The third-order valence-electron chi connectivity index (χ3n) is 2.93. The molecule has 19 heavy (non-hydrogen) atoms. The maximum atomic E-state index is 12.4. The largest absolute Gasteiger partial charge is 0.319 e. The van der Waals surface area contributed by atoms with Gasteiger partial charge in [0.2, 0.25) is 0 Å². The van der Waals surface area contributed by atoms with E-state index in [1.165, 1.54) is 11.3 Å². The molecule has 0 saturated heterocycles. The molecule has 4 heteroatoms. The molecule has 0 fully saturated rings. The van der Waals surface area contributed by atoms with Gasteiger partial charge in [-0.25, -0.2) is 0 Å². The predicted octanol–water partition coefficient (Wildman–Crippen LogP) is 3.59. The quantitative estimate of drug-likeness (QED) is 0.825. The minimum Gasteiger partial charge on any atom is -0.319 e. The van der Waals surface area contributed by atoms with Crippen molar-refractivity contribution >= 4 is 28.7 Å². The zero-order chi connectivity index (χ0) is 13.7. The summed E-state index contributed by atoms with van der Waals surface area (Å²) in [6.45, 7) is 0.870. The monoisotopic (exact) mass is 293 g/mol. The highest BCUT2D eigenvalue weighted by Crippen LogP contribution is 2.23. The van der Waals surface area contributed by atoms with Crippen LogP contribution in [0.1, 0.15) is 20.8 Å². The van der Waals surface area contributed by atoms with E-state index < -0.39 is 0 Å². The summed E-state index contributed by atoms with van der Waals surface area (Å²) >= 11 is 7.36. The predicted molar refractivity (Wildman–Crippen MR) is 81.4 cm³/mol. The lowest BCUT2D eigenvalue weighted by Crippen LogP contribution is -2.13. The van der Waals surface area contributed by atoms with Crippen molar-refractivity contribution in [1.29, 1.82) is 0 Å². The molecule has 2 rings (SSSR count). The number of hydrogen-bond acceptors (Lipinski definition) is 3. The Morgan fingerprint density at radius 2 is 2.05 bits per heavy atom. The molecule has 0 amide bonds. The van der Waals surface area contributed by atoms with Crippen LogP contribution in [0.4, 0.5) is 0 Å². The number of rotatable bonds is 6. The third kappa shape index (κ3) is 3.90. The average molecular weight is 294 g/mol. The van der Waals surface area contributed by atoms with Gasteiger partial charge in [0.1, 0.15) is 0 Å². The maximum Gasteiger partial charge on any atom is 0.168 e. The Balaban J connectivity index is 2.14. The molecular weight excluding hydrogens is 278 g/mol. The lowest BCUT2D eigenvalue weighted by atomic mass is 9.99. The summed E-state index contributed by atoms with van der Waals surface area (Å²) in [4.78, 5) is 13.4.